The maximum absolute atomic E-state index is 11.4. The first-order valence-electron chi connectivity index (χ1n) is 4.75. The summed E-state index contributed by atoms with van der Waals surface area (Å²) in [6.07, 6.45) is 4.98. The van der Waals surface area contributed by atoms with Gasteiger partial charge in [0.15, 0.2) is 5.82 Å². The van der Waals surface area contributed by atoms with Gasteiger partial charge in [-0.3, -0.25) is 9.59 Å². The maximum atomic E-state index is 11.4. The van der Waals surface area contributed by atoms with Gasteiger partial charge >= 0.3 is 5.97 Å². The molecule has 0 aliphatic rings. The summed E-state index contributed by atoms with van der Waals surface area (Å²) in [6, 6.07) is -0.959. The van der Waals surface area contributed by atoms with Gasteiger partial charge in [-0.15, -0.1) is 11.5 Å². The zero-order valence-electron chi connectivity index (χ0n) is 9.12. The molecule has 0 radical (unpaired) electrons. The first-order chi connectivity index (χ1) is 8.04. The third kappa shape index (κ3) is 3.57. The molecule has 8 heteroatoms. The molecule has 0 spiro atoms. The van der Waals surface area contributed by atoms with Gasteiger partial charge in [-0.05, 0) is 17.4 Å². The average molecular weight is 237 g/mol. The Hall–Kier alpha value is -2.43. The summed E-state index contributed by atoms with van der Waals surface area (Å²) in [5, 5.41) is 21.5. The Morgan fingerprint density at radius 3 is 2.94 bits per heavy atom. The molecule has 1 rings (SSSR count). The first kappa shape index (κ1) is 12.6. The summed E-state index contributed by atoms with van der Waals surface area (Å²) < 4.78 is 1.30. The molecule has 0 aliphatic heterocycles. The van der Waals surface area contributed by atoms with Gasteiger partial charge in [-0.25, -0.2) is 4.68 Å². The molecule has 2 N–H and O–H groups in total. The summed E-state index contributed by atoms with van der Waals surface area (Å²) in [4.78, 5) is 22.0. The Morgan fingerprint density at radius 1 is 1.65 bits per heavy atom. The van der Waals surface area contributed by atoms with Crippen molar-refractivity contribution in [3.8, 4) is 12.3 Å². The highest BCUT2D eigenvalue weighted by Crippen LogP contribution is 1.94. The van der Waals surface area contributed by atoms with Gasteiger partial charge in [0.25, 0.3) is 0 Å². The van der Waals surface area contributed by atoms with Crippen LogP contribution in [0, 0.1) is 12.3 Å². The van der Waals surface area contributed by atoms with Gasteiger partial charge in [0.1, 0.15) is 12.6 Å². The van der Waals surface area contributed by atoms with E-state index in [-0.39, 0.29) is 18.8 Å². The van der Waals surface area contributed by atoms with Crippen molar-refractivity contribution < 1.29 is 14.7 Å². The number of rotatable bonds is 5. The predicted molar refractivity (Wildman–Crippen MR) is 55.6 cm³/mol. The average Bonchev–Trinajstić information content (AvgIpc) is 2.66. The molecule has 0 bridgehead atoms. The number of hydrogen-bond donors (Lipinski definition) is 2. The number of terminal acetylenes is 1. The summed E-state index contributed by atoms with van der Waals surface area (Å²) in [5.74, 6) is 1.04. The smallest absolute Gasteiger partial charge is 0.325 e. The van der Waals surface area contributed by atoms with Crippen molar-refractivity contribution in [1.29, 1.82) is 0 Å². The van der Waals surface area contributed by atoms with Crippen LogP contribution in [0.4, 0.5) is 0 Å². The second kappa shape index (κ2) is 5.60. The second-order valence-corrected chi connectivity index (χ2v) is 3.26. The van der Waals surface area contributed by atoms with Crippen LogP contribution in [0.2, 0.25) is 0 Å². The van der Waals surface area contributed by atoms with Crippen LogP contribution < -0.4 is 5.32 Å². The Kier molecular flexibility index (Phi) is 4.16. The molecule has 0 saturated heterocycles. The van der Waals surface area contributed by atoms with E-state index in [1.54, 1.807) is 0 Å². The van der Waals surface area contributed by atoms with E-state index in [1.165, 1.54) is 11.6 Å². The van der Waals surface area contributed by atoms with E-state index in [2.05, 4.69) is 26.8 Å². The molecule has 0 fully saturated rings. The quantitative estimate of drug-likeness (QED) is 0.599. The molecule has 17 heavy (non-hydrogen) atoms. The van der Waals surface area contributed by atoms with Crippen LogP contribution in [-0.4, -0.2) is 43.2 Å². The minimum Gasteiger partial charge on any atom is -0.480 e. The lowest BCUT2D eigenvalue weighted by Crippen LogP contribution is -2.39. The molecule has 8 nitrogen and oxygen atoms in total. The number of nitrogens with one attached hydrogen (secondary N) is 1. The van der Waals surface area contributed by atoms with Crippen LogP contribution in [0.5, 0.6) is 0 Å². The lowest BCUT2D eigenvalue weighted by molar-refractivity contribution is -0.141. The van der Waals surface area contributed by atoms with Crippen LogP contribution in [0.1, 0.15) is 12.7 Å². The second-order valence-electron chi connectivity index (χ2n) is 3.26. The van der Waals surface area contributed by atoms with Crippen LogP contribution in [0.15, 0.2) is 0 Å². The van der Waals surface area contributed by atoms with Gasteiger partial charge in [0, 0.05) is 0 Å². The van der Waals surface area contributed by atoms with Gasteiger partial charge in [0.2, 0.25) is 5.91 Å². The van der Waals surface area contributed by atoms with Crippen molar-refractivity contribution in [1.82, 2.24) is 25.5 Å². The number of tetrazole rings is 1. The van der Waals surface area contributed by atoms with E-state index in [1.807, 2.05) is 0 Å². The SMILES string of the molecule is C#CCn1nnnc1CC(=O)NC(C)C(=O)O. The standard InChI is InChI=1S/C9H11N5O3/c1-3-4-14-7(11-12-13-14)5-8(15)10-6(2)9(16)17/h1,6H,4-5H2,2H3,(H,10,15)(H,16,17). The number of amides is 1. The number of carbonyl (C=O) groups is 2. The van der Waals surface area contributed by atoms with Crippen molar-refractivity contribution in [2.24, 2.45) is 0 Å². The molecule has 1 aromatic heterocycles. The molecule has 0 aliphatic carbocycles. The normalized spacial score (nSPS) is 11.5. The summed E-state index contributed by atoms with van der Waals surface area (Å²) in [6.45, 7) is 1.52. The first-order valence-corrected chi connectivity index (χ1v) is 4.75. The topological polar surface area (TPSA) is 110 Å². The Bertz CT molecular complexity index is 461. The molecular weight excluding hydrogens is 226 g/mol. The number of nitrogens with zero attached hydrogens (tertiary/aromatic N) is 4. The Morgan fingerprint density at radius 2 is 2.35 bits per heavy atom. The van der Waals surface area contributed by atoms with E-state index in [0.29, 0.717) is 0 Å². The van der Waals surface area contributed by atoms with E-state index in [0.717, 1.165) is 0 Å². The van der Waals surface area contributed by atoms with Crippen molar-refractivity contribution in [2.45, 2.75) is 25.9 Å². The fraction of sp³-hybridized carbons (Fsp3) is 0.444. The fourth-order valence-electron chi connectivity index (χ4n) is 1.06. The van der Waals surface area contributed by atoms with Gasteiger partial charge in [0.05, 0.1) is 6.42 Å². The van der Waals surface area contributed by atoms with Crippen LogP contribution in [0.3, 0.4) is 0 Å². The maximum Gasteiger partial charge on any atom is 0.325 e. The number of aliphatic carboxylic acids is 1. The molecule has 1 unspecified atom stereocenters. The lowest BCUT2D eigenvalue weighted by Gasteiger charge is -2.08. The molecule has 1 amide bonds. The number of carbonyl (C=O) groups excluding carboxylic acids is 1. The minimum atomic E-state index is -1.11. The Balaban J connectivity index is 2.59. The van der Waals surface area contributed by atoms with Crippen molar-refractivity contribution >= 4 is 11.9 Å². The van der Waals surface area contributed by atoms with Crippen LogP contribution >= 0.6 is 0 Å². The van der Waals surface area contributed by atoms with E-state index in [9.17, 15) is 9.59 Å². The van der Waals surface area contributed by atoms with Crippen LogP contribution in [0.25, 0.3) is 0 Å². The predicted octanol–water partition coefficient (Wildman–Crippen LogP) is -1.56. The Labute approximate surface area is 97.0 Å². The van der Waals surface area contributed by atoms with Gasteiger partial charge in [-0.1, -0.05) is 5.92 Å². The summed E-state index contributed by atoms with van der Waals surface area (Å²) in [7, 11) is 0. The zero-order chi connectivity index (χ0) is 12.8. The number of aromatic nitrogens is 4. The highest BCUT2D eigenvalue weighted by atomic mass is 16.4. The molecule has 1 heterocycles. The number of carboxylic acids is 1. The molecule has 1 aromatic rings. The fourth-order valence-corrected chi connectivity index (χ4v) is 1.06. The van der Waals surface area contributed by atoms with Crippen molar-refractivity contribution in [2.75, 3.05) is 0 Å². The third-order valence-corrected chi connectivity index (χ3v) is 1.91. The molecule has 1 atom stereocenters. The van der Waals surface area contributed by atoms with Crippen LogP contribution in [-0.2, 0) is 22.6 Å². The largest absolute Gasteiger partial charge is 0.480 e. The monoisotopic (exact) mass is 237 g/mol. The van der Waals surface area contributed by atoms with E-state index in [4.69, 9.17) is 11.5 Å². The molecule has 0 aromatic carbocycles. The molecule has 90 valence electrons. The zero-order valence-corrected chi connectivity index (χ0v) is 9.12. The van der Waals surface area contributed by atoms with Gasteiger partial charge in [-0.2, -0.15) is 0 Å². The van der Waals surface area contributed by atoms with Crippen molar-refractivity contribution in [3.63, 3.8) is 0 Å². The highest BCUT2D eigenvalue weighted by Gasteiger charge is 2.16. The third-order valence-electron chi connectivity index (χ3n) is 1.91. The molecular formula is C9H11N5O3. The van der Waals surface area contributed by atoms with E-state index >= 15 is 0 Å². The number of carboxylic acid groups (broad SMARTS) is 1. The van der Waals surface area contributed by atoms with Crippen molar-refractivity contribution in [3.05, 3.63) is 5.82 Å². The van der Waals surface area contributed by atoms with E-state index < -0.39 is 17.9 Å². The summed E-state index contributed by atoms with van der Waals surface area (Å²) in [5.41, 5.74) is 0. The molecule has 0 saturated carbocycles. The number of hydrogen-bond acceptors (Lipinski definition) is 5. The minimum absolute atomic E-state index is 0.119. The van der Waals surface area contributed by atoms with Gasteiger partial charge < -0.3 is 10.4 Å². The highest BCUT2D eigenvalue weighted by molar-refractivity contribution is 5.84. The lowest BCUT2D eigenvalue weighted by atomic mass is 10.3. The summed E-state index contributed by atoms with van der Waals surface area (Å²) >= 11 is 0.